The molecule has 27 heavy (non-hydrogen) atoms. The number of benzene rings is 1. The van der Waals surface area contributed by atoms with E-state index in [0.717, 1.165) is 42.9 Å². The molecule has 1 aromatic rings. The van der Waals surface area contributed by atoms with Gasteiger partial charge >= 0.3 is 0 Å². The minimum atomic E-state index is -0.0958. The van der Waals surface area contributed by atoms with Crippen LogP contribution in [0, 0.1) is 0 Å². The number of carbonyl (C=O) groups is 2. The number of nitrogens with one attached hydrogen (secondary N) is 3. The maximum absolute atomic E-state index is 12.1. The second kappa shape index (κ2) is 11.6. The zero-order valence-corrected chi connectivity index (χ0v) is 17.3. The molecular formula is C19H28BrN5O2. The summed E-state index contributed by atoms with van der Waals surface area (Å²) in [5.41, 5.74) is 0.634. The molecule has 1 heterocycles. The zero-order valence-electron chi connectivity index (χ0n) is 15.8. The standard InChI is InChI=1S/C19H28BrN5O2/c1-2-21-19(23-10-4-14-25-13-3-5-17(25)26)24-12-11-22-18(27)15-6-8-16(20)9-7-15/h6-9H,2-5,10-14H2,1H3,(H,22,27)(H2,21,23,24). The van der Waals surface area contributed by atoms with Crippen molar-refractivity contribution in [3.05, 3.63) is 34.3 Å². The number of nitrogens with zero attached hydrogens (tertiary/aromatic N) is 2. The predicted octanol–water partition coefficient (Wildman–Crippen LogP) is 1.75. The van der Waals surface area contributed by atoms with Crippen molar-refractivity contribution < 1.29 is 9.59 Å². The lowest BCUT2D eigenvalue weighted by atomic mass is 10.2. The third-order valence-electron chi connectivity index (χ3n) is 4.18. The first kappa shape index (κ1) is 21.2. The van der Waals surface area contributed by atoms with Crippen molar-refractivity contribution in [1.29, 1.82) is 0 Å². The monoisotopic (exact) mass is 437 g/mol. The van der Waals surface area contributed by atoms with Gasteiger partial charge in [-0.25, -0.2) is 0 Å². The molecule has 1 fully saturated rings. The number of amides is 2. The number of hydrogen-bond acceptors (Lipinski definition) is 3. The molecule has 8 heteroatoms. The normalized spacial score (nSPS) is 14.4. The van der Waals surface area contributed by atoms with Crippen LogP contribution in [0.15, 0.2) is 33.7 Å². The highest BCUT2D eigenvalue weighted by atomic mass is 79.9. The van der Waals surface area contributed by atoms with Gasteiger partial charge in [0.25, 0.3) is 5.91 Å². The number of aliphatic imine (C=N–C) groups is 1. The second-order valence-corrected chi connectivity index (χ2v) is 7.20. The van der Waals surface area contributed by atoms with Gasteiger partial charge in [0, 0.05) is 55.7 Å². The molecule has 1 aromatic carbocycles. The maximum atomic E-state index is 12.1. The molecule has 0 aliphatic carbocycles. The van der Waals surface area contributed by atoms with Gasteiger partial charge in [0.1, 0.15) is 0 Å². The molecule has 0 spiro atoms. The van der Waals surface area contributed by atoms with E-state index in [2.05, 4.69) is 36.9 Å². The third-order valence-corrected chi connectivity index (χ3v) is 4.71. The second-order valence-electron chi connectivity index (χ2n) is 6.29. The van der Waals surface area contributed by atoms with Crippen LogP contribution in [0.3, 0.4) is 0 Å². The number of hydrogen-bond donors (Lipinski definition) is 3. The number of rotatable bonds is 9. The average molecular weight is 438 g/mol. The lowest BCUT2D eigenvalue weighted by molar-refractivity contribution is -0.127. The van der Waals surface area contributed by atoms with E-state index in [4.69, 9.17) is 0 Å². The number of halogens is 1. The summed E-state index contributed by atoms with van der Waals surface area (Å²) >= 11 is 3.36. The zero-order chi connectivity index (χ0) is 19.5. The predicted molar refractivity (Wildman–Crippen MR) is 111 cm³/mol. The Hall–Kier alpha value is -2.09. The summed E-state index contributed by atoms with van der Waals surface area (Å²) in [5.74, 6) is 0.884. The van der Waals surface area contributed by atoms with Crippen molar-refractivity contribution in [2.45, 2.75) is 26.2 Å². The Balaban J connectivity index is 1.66. The molecule has 1 aliphatic heterocycles. The van der Waals surface area contributed by atoms with Crippen molar-refractivity contribution >= 4 is 33.7 Å². The van der Waals surface area contributed by atoms with Crippen LogP contribution in [0.5, 0.6) is 0 Å². The van der Waals surface area contributed by atoms with Crippen molar-refractivity contribution in [3.63, 3.8) is 0 Å². The van der Waals surface area contributed by atoms with E-state index in [1.807, 2.05) is 24.0 Å². The van der Waals surface area contributed by atoms with E-state index in [0.29, 0.717) is 31.6 Å². The van der Waals surface area contributed by atoms with Crippen LogP contribution in [-0.2, 0) is 4.79 Å². The van der Waals surface area contributed by atoms with Crippen LogP contribution in [0.25, 0.3) is 0 Å². The fraction of sp³-hybridized carbons (Fsp3) is 0.526. The molecule has 0 unspecified atom stereocenters. The Morgan fingerprint density at radius 1 is 1.19 bits per heavy atom. The van der Waals surface area contributed by atoms with E-state index in [9.17, 15) is 9.59 Å². The Morgan fingerprint density at radius 3 is 2.59 bits per heavy atom. The van der Waals surface area contributed by atoms with Gasteiger partial charge in [-0.2, -0.15) is 0 Å². The maximum Gasteiger partial charge on any atom is 0.251 e. The van der Waals surface area contributed by atoms with Crippen molar-refractivity contribution in [2.75, 3.05) is 39.3 Å². The number of guanidine groups is 1. The molecule has 2 amide bonds. The van der Waals surface area contributed by atoms with Crippen LogP contribution < -0.4 is 16.0 Å². The molecule has 2 rings (SSSR count). The summed E-state index contributed by atoms with van der Waals surface area (Å²) in [6.45, 7) is 6.16. The first-order valence-corrected chi connectivity index (χ1v) is 10.2. The van der Waals surface area contributed by atoms with Crippen molar-refractivity contribution in [3.8, 4) is 0 Å². The Labute approximate surface area is 169 Å². The van der Waals surface area contributed by atoms with E-state index in [1.165, 1.54) is 0 Å². The van der Waals surface area contributed by atoms with Gasteiger partial charge in [0.2, 0.25) is 5.91 Å². The highest BCUT2D eigenvalue weighted by Crippen LogP contribution is 2.10. The van der Waals surface area contributed by atoms with E-state index in [-0.39, 0.29) is 11.8 Å². The molecule has 148 valence electrons. The summed E-state index contributed by atoms with van der Waals surface area (Å²) in [7, 11) is 0. The fourth-order valence-corrected chi connectivity index (χ4v) is 3.06. The van der Waals surface area contributed by atoms with Crippen LogP contribution in [-0.4, -0.2) is 61.9 Å². The molecule has 0 aromatic heterocycles. The molecular weight excluding hydrogens is 410 g/mol. The SMILES string of the molecule is CCNC(=NCCCN1CCCC1=O)NCCNC(=O)c1ccc(Br)cc1. The first-order valence-electron chi connectivity index (χ1n) is 9.44. The Morgan fingerprint density at radius 2 is 1.93 bits per heavy atom. The smallest absolute Gasteiger partial charge is 0.251 e. The fourth-order valence-electron chi connectivity index (χ4n) is 2.79. The van der Waals surface area contributed by atoms with Crippen LogP contribution in [0.1, 0.15) is 36.5 Å². The molecule has 0 bridgehead atoms. The lowest BCUT2D eigenvalue weighted by Crippen LogP contribution is -2.41. The van der Waals surface area contributed by atoms with Crippen LogP contribution in [0.2, 0.25) is 0 Å². The minimum Gasteiger partial charge on any atom is -0.357 e. The Kier molecular flexibility index (Phi) is 9.10. The van der Waals surface area contributed by atoms with Crippen molar-refractivity contribution in [2.24, 2.45) is 4.99 Å². The largest absolute Gasteiger partial charge is 0.357 e. The van der Waals surface area contributed by atoms with Gasteiger partial charge in [-0.05, 0) is 44.0 Å². The topological polar surface area (TPSA) is 85.8 Å². The van der Waals surface area contributed by atoms with Gasteiger partial charge in [-0.1, -0.05) is 15.9 Å². The minimum absolute atomic E-state index is 0.0958. The summed E-state index contributed by atoms with van der Waals surface area (Å²) in [6, 6.07) is 7.25. The molecule has 0 saturated carbocycles. The van der Waals surface area contributed by atoms with Gasteiger partial charge in [-0.3, -0.25) is 14.6 Å². The first-order chi connectivity index (χ1) is 13.1. The van der Waals surface area contributed by atoms with Gasteiger partial charge in [0.15, 0.2) is 5.96 Å². The lowest BCUT2D eigenvalue weighted by Gasteiger charge is -2.15. The van der Waals surface area contributed by atoms with Crippen LogP contribution >= 0.6 is 15.9 Å². The highest BCUT2D eigenvalue weighted by Gasteiger charge is 2.18. The van der Waals surface area contributed by atoms with E-state index < -0.39 is 0 Å². The quantitative estimate of drug-likeness (QED) is 0.312. The van der Waals surface area contributed by atoms with Crippen LogP contribution in [0.4, 0.5) is 0 Å². The molecule has 0 radical (unpaired) electrons. The van der Waals surface area contributed by atoms with Gasteiger partial charge in [0.05, 0.1) is 0 Å². The Bertz CT molecular complexity index is 648. The number of likely N-dealkylation sites (tertiary alicyclic amines) is 1. The summed E-state index contributed by atoms with van der Waals surface area (Å²) in [5, 5.41) is 9.28. The molecule has 0 atom stereocenters. The van der Waals surface area contributed by atoms with Gasteiger partial charge in [-0.15, -0.1) is 0 Å². The molecule has 3 N–H and O–H groups in total. The molecule has 7 nitrogen and oxygen atoms in total. The van der Waals surface area contributed by atoms with Crippen molar-refractivity contribution in [1.82, 2.24) is 20.9 Å². The number of carbonyl (C=O) groups excluding carboxylic acids is 2. The summed E-state index contributed by atoms with van der Waals surface area (Å²) in [6.07, 6.45) is 2.50. The summed E-state index contributed by atoms with van der Waals surface area (Å²) < 4.78 is 0.946. The van der Waals surface area contributed by atoms with E-state index in [1.54, 1.807) is 12.1 Å². The van der Waals surface area contributed by atoms with E-state index >= 15 is 0 Å². The summed E-state index contributed by atoms with van der Waals surface area (Å²) in [4.78, 5) is 30.1. The average Bonchev–Trinajstić information content (AvgIpc) is 3.07. The third kappa shape index (κ3) is 7.58. The van der Waals surface area contributed by atoms with Gasteiger partial charge < -0.3 is 20.9 Å². The molecule has 1 saturated heterocycles. The highest BCUT2D eigenvalue weighted by molar-refractivity contribution is 9.10. The molecule has 1 aliphatic rings.